The molecule has 10 heteroatoms. The van der Waals surface area contributed by atoms with Crippen LogP contribution in [-0.4, -0.2) is 43.1 Å². The van der Waals surface area contributed by atoms with Crippen LogP contribution in [0.2, 0.25) is 0 Å². The highest BCUT2D eigenvalue weighted by Crippen LogP contribution is 2.23. The number of thioether (sulfide) groups is 1. The van der Waals surface area contributed by atoms with Gasteiger partial charge in [0.25, 0.3) is 0 Å². The number of aromatic amines is 1. The van der Waals surface area contributed by atoms with Gasteiger partial charge < -0.3 is 10.1 Å². The van der Waals surface area contributed by atoms with Crippen LogP contribution in [-0.2, 0) is 17.9 Å². The lowest BCUT2D eigenvalue weighted by Gasteiger charge is -2.06. The fraction of sp³-hybridized carbons (Fsp3) is 0.273. The van der Waals surface area contributed by atoms with Crippen LogP contribution in [0.3, 0.4) is 0 Å². The zero-order chi connectivity index (χ0) is 22.7. The molecule has 0 aliphatic heterocycles. The number of benzene rings is 2. The molecule has 4 rings (SSSR count). The number of nitrogens with zero attached hydrogens (tertiary/aromatic N) is 4. The molecule has 0 spiro atoms. The van der Waals surface area contributed by atoms with E-state index < -0.39 is 0 Å². The van der Waals surface area contributed by atoms with E-state index in [1.54, 1.807) is 16.2 Å². The molecule has 32 heavy (non-hydrogen) atoms. The molecule has 166 valence electrons. The zero-order valence-electron chi connectivity index (χ0n) is 18.1. The van der Waals surface area contributed by atoms with E-state index in [2.05, 4.69) is 20.5 Å². The number of ether oxygens (including phenoxy) is 1. The van der Waals surface area contributed by atoms with Gasteiger partial charge in [-0.3, -0.25) is 19.0 Å². The van der Waals surface area contributed by atoms with E-state index in [4.69, 9.17) is 4.74 Å². The molecule has 2 heterocycles. The molecule has 9 nitrogen and oxygen atoms in total. The smallest absolute Gasteiger partial charge is 0.329 e. The second kappa shape index (κ2) is 9.31. The first kappa shape index (κ1) is 21.7. The lowest BCUT2D eigenvalue weighted by Crippen LogP contribution is -2.23. The molecule has 4 aromatic rings. The standard InChI is InChI=1S/C22H24N6O3S/c1-4-27-17-11-8-15(12-18(17)28(5-2)22(27)30)23-19(29)13-32-21-24-20(25-26-21)14-6-9-16(31-3)10-7-14/h6-12H,4-5,13H2,1-3H3,(H,23,29)(H,24,25,26). The van der Waals surface area contributed by atoms with Crippen molar-refractivity contribution < 1.29 is 9.53 Å². The first-order valence-electron chi connectivity index (χ1n) is 10.3. The van der Waals surface area contributed by atoms with Crippen molar-refractivity contribution in [1.82, 2.24) is 24.3 Å². The summed E-state index contributed by atoms with van der Waals surface area (Å²) < 4.78 is 8.59. The topological polar surface area (TPSA) is 107 Å². The van der Waals surface area contributed by atoms with Gasteiger partial charge in [-0.25, -0.2) is 9.78 Å². The largest absolute Gasteiger partial charge is 0.497 e. The van der Waals surface area contributed by atoms with Gasteiger partial charge in [-0.15, -0.1) is 5.10 Å². The van der Waals surface area contributed by atoms with Crippen molar-refractivity contribution in [2.75, 3.05) is 18.2 Å². The van der Waals surface area contributed by atoms with Crippen LogP contribution < -0.4 is 15.7 Å². The first-order valence-corrected chi connectivity index (χ1v) is 11.2. The van der Waals surface area contributed by atoms with Gasteiger partial charge in [-0.2, -0.15) is 0 Å². The summed E-state index contributed by atoms with van der Waals surface area (Å²) in [5, 5.41) is 10.4. The number of methoxy groups -OCH3 is 1. The number of imidazole rings is 1. The minimum absolute atomic E-state index is 0.0405. The fourth-order valence-corrected chi connectivity index (χ4v) is 4.12. The molecule has 0 fully saturated rings. The Labute approximate surface area is 188 Å². The minimum Gasteiger partial charge on any atom is -0.497 e. The third-order valence-electron chi connectivity index (χ3n) is 5.10. The van der Waals surface area contributed by atoms with Crippen molar-refractivity contribution in [1.29, 1.82) is 0 Å². The predicted octanol–water partition coefficient (Wildman–Crippen LogP) is 3.37. The Morgan fingerprint density at radius 2 is 1.81 bits per heavy atom. The number of aryl methyl sites for hydroxylation is 2. The summed E-state index contributed by atoms with van der Waals surface area (Å²) in [5.74, 6) is 1.37. The van der Waals surface area contributed by atoms with Crippen LogP contribution in [0.1, 0.15) is 13.8 Å². The van der Waals surface area contributed by atoms with Crippen LogP contribution in [0, 0.1) is 0 Å². The molecule has 2 aromatic heterocycles. The van der Waals surface area contributed by atoms with Gasteiger partial charge in [0.15, 0.2) is 5.82 Å². The number of amides is 1. The summed E-state index contributed by atoms with van der Waals surface area (Å²) in [6.45, 7) is 5.04. The molecule has 0 unspecified atom stereocenters. The number of rotatable bonds is 8. The Morgan fingerprint density at radius 1 is 1.09 bits per heavy atom. The Bertz CT molecular complexity index is 1310. The Balaban J connectivity index is 1.41. The maximum absolute atomic E-state index is 12.5. The highest BCUT2D eigenvalue weighted by molar-refractivity contribution is 7.99. The predicted molar refractivity (Wildman–Crippen MR) is 125 cm³/mol. The number of anilines is 1. The second-order valence-electron chi connectivity index (χ2n) is 7.01. The van der Waals surface area contributed by atoms with Gasteiger partial charge in [0, 0.05) is 24.3 Å². The second-order valence-corrected chi connectivity index (χ2v) is 7.95. The molecule has 2 aromatic carbocycles. The molecule has 0 saturated carbocycles. The fourth-order valence-electron chi connectivity index (χ4n) is 3.52. The molecule has 0 aliphatic rings. The van der Waals surface area contributed by atoms with Crippen LogP contribution in [0.15, 0.2) is 52.4 Å². The maximum atomic E-state index is 12.5. The van der Waals surface area contributed by atoms with Crippen molar-refractivity contribution in [3.8, 4) is 17.1 Å². The molecule has 0 bridgehead atoms. The number of aromatic nitrogens is 5. The summed E-state index contributed by atoms with van der Waals surface area (Å²) in [6, 6.07) is 13.0. The Hall–Kier alpha value is -3.53. The van der Waals surface area contributed by atoms with Crippen molar-refractivity contribution in [2.45, 2.75) is 32.1 Å². The summed E-state index contributed by atoms with van der Waals surface area (Å²) >= 11 is 1.24. The van der Waals surface area contributed by atoms with Crippen molar-refractivity contribution >= 4 is 34.4 Å². The van der Waals surface area contributed by atoms with Crippen LogP contribution in [0.25, 0.3) is 22.4 Å². The van der Waals surface area contributed by atoms with E-state index in [0.29, 0.717) is 29.8 Å². The van der Waals surface area contributed by atoms with Gasteiger partial charge in [-0.05, 0) is 56.3 Å². The van der Waals surface area contributed by atoms with E-state index in [9.17, 15) is 9.59 Å². The minimum atomic E-state index is -0.175. The summed E-state index contributed by atoms with van der Waals surface area (Å²) in [5.41, 5.74) is 3.15. The number of H-pyrrole nitrogens is 1. The first-order chi connectivity index (χ1) is 15.5. The number of fused-ring (bicyclic) bond motifs is 1. The SMILES string of the molecule is CCn1c(=O)n(CC)c2cc(NC(=O)CSc3n[nH]c(-c4ccc(OC)cc4)n3)ccc21. The highest BCUT2D eigenvalue weighted by Gasteiger charge is 2.13. The van der Waals surface area contributed by atoms with Crippen LogP contribution in [0.4, 0.5) is 5.69 Å². The molecule has 2 N–H and O–H groups in total. The normalized spacial score (nSPS) is 11.1. The molecule has 1 amide bonds. The molecule has 0 atom stereocenters. The average Bonchev–Trinajstić information content (AvgIpc) is 3.39. The average molecular weight is 453 g/mol. The van der Waals surface area contributed by atoms with Gasteiger partial charge in [0.05, 0.1) is 23.9 Å². The number of nitrogens with one attached hydrogen (secondary N) is 2. The van der Waals surface area contributed by atoms with E-state index in [-0.39, 0.29) is 17.3 Å². The lowest BCUT2D eigenvalue weighted by atomic mass is 10.2. The molecular weight excluding hydrogens is 428 g/mol. The Morgan fingerprint density at radius 3 is 2.50 bits per heavy atom. The summed E-state index contributed by atoms with van der Waals surface area (Å²) in [7, 11) is 1.62. The quantitative estimate of drug-likeness (QED) is 0.397. The van der Waals surface area contributed by atoms with Crippen molar-refractivity contribution in [3.63, 3.8) is 0 Å². The molecule has 0 radical (unpaired) electrons. The maximum Gasteiger partial charge on any atom is 0.329 e. The molecule has 0 saturated heterocycles. The number of hydrogen-bond donors (Lipinski definition) is 2. The van der Waals surface area contributed by atoms with Crippen molar-refractivity contribution in [2.24, 2.45) is 0 Å². The van der Waals surface area contributed by atoms with E-state index in [1.165, 1.54) is 11.8 Å². The molecular formula is C22H24N6O3S. The van der Waals surface area contributed by atoms with Crippen LogP contribution >= 0.6 is 11.8 Å². The lowest BCUT2D eigenvalue weighted by molar-refractivity contribution is -0.113. The number of carbonyl (C=O) groups excluding carboxylic acids is 1. The van der Waals surface area contributed by atoms with E-state index in [1.807, 2.05) is 56.3 Å². The monoisotopic (exact) mass is 452 g/mol. The van der Waals surface area contributed by atoms with Crippen LogP contribution in [0.5, 0.6) is 5.75 Å². The van der Waals surface area contributed by atoms with Crippen molar-refractivity contribution in [3.05, 3.63) is 52.9 Å². The Kier molecular flexibility index (Phi) is 6.31. The van der Waals surface area contributed by atoms with Gasteiger partial charge in [0.2, 0.25) is 11.1 Å². The highest BCUT2D eigenvalue weighted by atomic mass is 32.2. The number of hydrogen-bond acceptors (Lipinski definition) is 6. The van der Waals surface area contributed by atoms with E-state index >= 15 is 0 Å². The van der Waals surface area contributed by atoms with E-state index in [0.717, 1.165) is 22.3 Å². The number of carbonyl (C=O) groups is 1. The van der Waals surface area contributed by atoms with Gasteiger partial charge in [0.1, 0.15) is 5.75 Å². The molecule has 0 aliphatic carbocycles. The zero-order valence-corrected chi connectivity index (χ0v) is 18.9. The third-order valence-corrected chi connectivity index (χ3v) is 5.94. The van der Waals surface area contributed by atoms with Gasteiger partial charge >= 0.3 is 5.69 Å². The summed E-state index contributed by atoms with van der Waals surface area (Å²) in [4.78, 5) is 29.4. The summed E-state index contributed by atoms with van der Waals surface area (Å²) in [6.07, 6.45) is 0. The third kappa shape index (κ3) is 4.26. The van der Waals surface area contributed by atoms with Gasteiger partial charge in [-0.1, -0.05) is 11.8 Å².